The molecule has 0 heterocycles. The van der Waals surface area contributed by atoms with Crippen LogP contribution in [0.5, 0.6) is 5.75 Å². The number of phenols is 1. The lowest BCUT2D eigenvalue weighted by molar-refractivity contribution is 0.0693. The summed E-state index contributed by atoms with van der Waals surface area (Å²) in [5, 5.41) is 33.9. The summed E-state index contributed by atoms with van der Waals surface area (Å²) in [4.78, 5) is 11.2. The van der Waals surface area contributed by atoms with E-state index in [0.717, 1.165) is 36.1 Å². The molecule has 200 valence electrons. The Kier molecular flexibility index (Phi) is 7.65. The molecule has 1 aliphatic rings. The monoisotopic (exact) mass is 517 g/mol. The summed E-state index contributed by atoms with van der Waals surface area (Å²) in [6.07, 6.45) is 5.23. The summed E-state index contributed by atoms with van der Waals surface area (Å²) in [5.74, 6) is -1.76. The maximum atomic E-state index is 13.3. The van der Waals surface area contributed by atoms with Crippen LogP contribution in [0.2, 0.25) is 0 Å². The topological polar surface area (TPSA) is 89.8 Å². The van der Waals surface area contributed by atoms with E-state index < -0.39 is 12.1 Å². The molecule has 38 heavy (non-hydrogen) atoms. The van der Waals surface area contributed by atoms with Gasteiger partial charge >= 0.3 is 5.97 Å². The van der Waals surface area contributed by atoms with Crippen LogP contribution in [0.15, 0.2) is 60.7 Å². The second-order valence-corrected chi connectivity index (χ2v) is 11.4. The second kappa shape index (κ2) is 10.6. The number of aliphatic hydroxyl groups excluding tert-OH is 1. The van der Waals surface area contributed by atoms with E-state index >= 15 is 0 Å². The van der Waals surface area contributed by atoms with E-state index in [9.17, 15) is 19.4 Å². The fourth-order valence-corrected chi connectivity index (χ4v) is 5.26. The molecule has 0 radical (unpaired) electrons. The van der Waals surface area contributed by atoms with Gasteiger partial charge in [0.15, 0.2) is 0 Å². The van der Waals surface area contributed by atoms with Gasteiger partial charge < -0.3 is 20.6 Å². The smallest absolute Gasteiger partial charge is 0.339 e. The van der Waals surface area contributed by atoms with Crippen LogP contribution in [-0.2, 0) is 17.3 Å². The lowest BCUT2D eigenvalue weighted by atomic mass is 9.62. The average Bonchev–Trinajstić information content (AvgIpc) is 2.86. The summed E-state index contributed by atoms with van der Waals surface area (Å²) >= 11 is 0. The van der Waals surface area contributed by atoms with Crippen LogP contribution in [-0.4, -0.2) is 27.8 Å². The van der Waals surface area contributed by atoms with Gasteiger partial charge in [-0.15, -0.1) is 0 Å². The van der Waals surface area contributed by atoms with Gasteiger partial charge in [0.2, 0.25) is 0 Å². The summed E-state index contributed by atoms with van der Waals surface area (Å²) < 4.78 is 13.3. The highest BCUT2D eigenvalue weighted by molar-refractivity contribution is 5.91. The predicted molar refractivity (Wildman–Crippen MR) is 149 cm³/mol. The van der Waals surface area contributed by atoms with Crippen LogP contribution in [0.1, 0.15) is 84.8 Å². The highest BCUT2D eigenvalue weighted by atomic mass is 19.1. The minimum absolute atomic E-state index is 0.0359. The number of carbonyl (C=O) groups is 1. The molecule has 0 aromatic heterocycles. The van der Waals surface area contributed by atoms with Gasteiger partial charge in [0.25, 0.3) is 0 Å². The molecular formula is C32H36FNO4. The van der Waals surface area contributed by atoms with Crippen molar-refractivity contribution in [3.63, 3.8) is 0 Å². The number of anilines is 1. The van der Waals surface area contributed by atoms with E-state index in [1.165, 1.54) is 35.4 Å². The van der Waals surface area contributed by atoms with Crippen molar-refractivity contribution < 1.29 is 24.5 Å². The van der Waals surface area contributed by atoms with Crippen LogP contribution in [0.3, 0.4) is 0 Å². The number of aliphatic hydroxyl groups is 1. The molecule has 0 saturated heterocycles. The molecule has 6 heteroatoms. The van der Waals surface area contributed by atoms with E-state index in [1.807, 2.05) is 6.07 Å². The second-order valence-electron chi connectivity index (χ2n) is 11.4. The summed E-state index contributed by atoms with van der Waals surface area (Å²) in [7, 11) is 0. The van der Waals surface area contributed by atoms with Crippen molar-refractivity contribution in [1.29, 1.82) is 0 Å². The van der Waals surface area contributed by atoms with Crippen molar-refractivity contribution in [3.05, 3.63) is 99.9 Å². The van der Waals surface area contributed by atoms with Crippen molar-refractivity contribution in [2.24, 2.45) is 0 Å². The molecule has 0 saturated carbocycles. The number of hydrogen-bond donors (Lipinski definition) is 4. The number of aromatic hydroxyl groups is 1. The SMILES string of the molecule is CC1(C)CCC(C)(C)c2c(NCCc3ccc(F)cc3)cc(C(O)C=Cc3ccc(C(=O)O)c(O)c3)cc21. The van der Waals surface area contributed by atoms with Gasteiger partial charge in [0.1, 0.15) is 17.1 Å². The van der Waals surface area contributed by atoms with Gasteiger partial charge in [-0.2, -0.15) is 0 Å². The third kappa shape index (κ3) is 5.91. The van der Waals surface area contributed by atoms with Crippen molar-refractivity contribution in [2.45, 2.75) is 63.9 Å². The van der Waals surface area contributed by atoms with Gasteiger partial charge in [-0.05, 0) is 88.2 Å². The maximum Gasteiger partial charge on any atom is 0.339 e. The van der Waals surface area contributed by atoms with Crippen LogP contribution >= 0.6 is 0 Å². The van der Waals surface area contributed by atoms with E-state index in [4.69, 9.17) is 5.11 Å². The van der Waals surface area contributed by atoms with E-state index in [1.54, 1.807) is 30.4 Å². The minimum Gasteiger partial charge on any atom is -0.507 e. The quantitative estimate of drug-likeness (QED) is 0.259. The number of carboxylic acid groups (broad SMARTS) is 1. The standard InChI is InChI=1S/C32H36FNO4/c1-31(2)14-15-32(3,4)29-25(31)18-22(19-26(29)34-16-13-20-5-9-23(33)10-6-20)27(35)12-8-21-7-11-24(30(37)38)28(36)17-21/h5-12,17-19,27,34-36H,13-16H2,1-4H3,(H,37,38). The first-order chi connectivity index (χ1) is 17.9. The molecule has 5 nitrogen and oxygen atoms in total. The lowest BCUT2D eigenvalue weighted by Gasteiger charge is -2.43. The summed E-state index contributed by atoms with van der Waals surface area (Å²) in [6.45, 7) is 9.66. The molecule has 0 aliphatic heterocycles. The largest absolute Gasteiger partial charge is 0.507 e. The zero-order valence-electron chi connectivity index (χ0n) is 22.4. The molecule has 3 aromatic carbocycles. The molecule has 4 N–H and O–H groups in total. The number of carboxylic acids is 1. The average molecular weight is 518 g/mol. The molecule has 1 atom stereocenters. The first kappa shape index (κ1) is 27.4. The Morgan fingerprint density at radius 2 is 1.71 bits per heavy atom. The van der Waals surface area contributed by atoms with Crippen LogP contribution in [0.25, 0.3) is 6.08 Å². The number of hydrogen-bond acceptors (Lipinski definition) is 4. The van der Waals surface area contributed by atoms with E-state index in [-0.39, 0.29) is 28.0 Å². The van der Waals surface area contributed by atoms with Crippen molar-refractivity contribution in [1.82, 2.24) is 0 Å². The Bertz CT molecular complexity index is 1360. The number of nitrogens with one attached hydrogen (secondary N) is 1. The summed E-state index contributed by atoms with van der Waals surface area (Å²) in [6, 6.07) is 14.9. The summed E-state index contributed by atoms with van der Waals surface area (Å²) in [5.41, 5.74) is 5.59. The third-order valence-electron chi connectivity index (χ3n) is 7.65. The molecule has 0 amide bonds. The fourth-order valence-electron chi connectivity index (χ4n) is 5.26. The van der Waals surface area contributed by atoms with Gasteiger partial charge in [0.05, 0.1) is 6.10 Å². The Balaban J connectivity index is 1.65. The van der Waals surface area contributed by atoms with Crippen molar-refractivity contribution >= 4 is 17.7 Å². The zero-order valence-corrected chi connectivity index (χ0v) is 22.4. The molecule has 1 aliphatic carbocycles. The molecular weight excluding hydrogens is 481 g/mol. The van der Waals surface area contributed by atoms with Gasteiger partial charge in [-0.1, -0.05) is 64.1 Å². The van der Waals surface area contributed by atoms with Crippen molar-refractivity contribution in [2.75, 3.05) is 11.9 Å². The predicted octanol–water partition coefficient (Wildman–Crippen LogP) is 6.98. The number of aromatic carboxylic acids is 1. The first-order valence-electron chi connectivity index (χ1n) is 13.0. The molecule has 0 fully saturated rings. The molecule has 4 rings (SSSR count). The lowest BCUT2D eigenvalue weighted by Crippen LogP contribution is -2.35. The van der Waals surface area contributed by atoms with E-state index in [0.29, 0.717) is 12.1 Å². The Morgan fingerprint density at radius 1 is 1.03 bits per heavy atom. The Hall–Kier alpha value is -3.64. The molecule has 3 aromatic rings. The van der Waals surface area contributed by atoms with Crippen molar-refractivity contribution in [3.8, 4) is 5.75 Å². The van der Waals surface area contributed by atoms with Crippen LogP contribution in [0, 0.1) is 5.82 Å². The molecule has 1 unspecified atom stereocenters. The highest BCUT2D eigenvalue weighted by Crippen LogP contribution is 2.49. The van der Waals surface area contributed by atoms with Crippen LogP contribution < -0.4 is 5.32 Å². The van der Waals surface area contributed by atoms with E-state index in [2.05, 4.69) is 39.1 Å². The number of halogens is 1. The highest BCUT2D eigenvalue weighted by Gasteiger charge is 2.39. The number of rotatable bonds is 8. The van der Waals surface area contributed by atoms with Gasteiger partial charge in [-0.25, -0.2) is 9.18 Å². The minimum atomic E-state index is -1.20. The third-order valence-corrected chi connectivity index (χ3v) is 7.65. The number of benzene rings is 3. The van der Waals surface area contributed by atoms with Crippen LogP contribution in [0.4, 0.5) is 10.1 Å². The molecule has 0 spiro atoms. The zero-order chi connectivity index (χ0) is 27.7. The fraction of sp³-hybridized carbons (Fsp3) is 0.344. The van der Waals surface area contributed by atoms with Gasteiger partial charge in [-0.3, -0.25) is 0 Å². The normalized spacial score (nSPS) is 16.7. The molecule has 0 bridgehead atoms. The Labute approximate surface area is 223 Å². The Morgan fingerprint density at radius 3 is 2.37 bits per heavy atom. The first-order valence-corrected chi connectivity index (χ1v) is 13.0. The van der Waals surface area contributed by atoms with Gasteiger partial charge in [0, 0.05) is 12.2 Å². The number of fused-ring (bicyclic) bond motifs is 1. The maximum absolute atomic E-state index is 13.3.